The van der Waals surface area contributed by atoms with E-state index in [1.54, 1.807) is 67.8 Å². The molecule has 1 amide bonds. The molecule has 3 aromatic rings. The molecule has 1 aliphatic heterocycles. The largest absolute Gasteiger partial charge is 0.464 e. The number of ether oxygens (including phenoxy) is 3. The van der Waals surface area contributed by atoms with Crippen LogP contribution >= 0.6 is 23.2 Å². The van der Waals surface area contributed by atoms with E-state index in [-0.39, 0.29) is 6.61 Å². The molecule has 1 fully saturated rings. The second-order valence-corrected chi connectivity index (χ2v) is 10.5. The summed E-state index contributed by atoms with van der Waals surface area (Å²) in [6.07, 6.45) is 0.892. The number of morpholine rings is 1. The number of hydrogen-bond donors (Lipinski definition) is 0. The molecule has 0 radical (unpaired) electrons. The van der Waals surface area contributed by atoms with Crippen molar-refractivity contribution in [2.24, 2.45) is 0 Å². The molecule has 0 N–H and O–H groups in total. The number of rotatable bonds is 10. The van der Waals surface area contributed by atoms with Crippen LogP contribution in [0.1, 0.15) is 68.6 Å². The summed E-state index contributed by atoms with van der Waals surface area (Å²) in [6, 6.07) is 15.8. The monoisotopic (exact) mass is 598 g/mol. The Kier molecular flexibility index (Phi) is 10.4. The quantitative estimate of drug-likeness (QED) is 0.248. The fraction of sp³-hybridized carbons (Fsp3) is 0.355. The van der Waals surface area contributed by atoms with E-state index >= 15 is 0 Å². The van der Waals surface area contributed by atoms with Crippen LogP contribution < -0.4 is 0 Å². The van der Waals surface area contributed by atoms with Gasteiger partial charge in [-0.05, 0) is 66.4 Å². The maximum absolute atomic E-state index is 14.6. The zero-order valence-electron chi connectivity index (χ0n) is 23.0. The molecule has 0 bridgehead atoms. The number of pyridine rings is 1. The van der Waals surface area contributed by atoms with Crippen LogP contribution in [0.3, 0.4) is 0 Å². The maximum Gasteiger partial charge on any atom is 0.328 e. The van der Waals surface area contributed by atoms with Crippen molar-refractivity contribution in [3.8, 4) is 0 Å². The van der Waals surface area contributed by atoms with Gasteiger partial charge in [-0.3, -0.25) is 14.6 Å². The van der Waals surface area contributed by atoms with Crippen molar-refractivity contribution in [1.29, 1.82) is 0 Å². The molecule has 41 heavy (non-hydrogen) atoms. The second-order valence-electron chi connectivity index (χ2n) is 9.64. The van der Waals surface area contributed by atoms with Crippen molar-refractivity contribution in [3.63, 3.8) is 0 Å². The Balaban J connectivity index is 1.94. The number of carbonyl (C=O) groups is 3. The number of amides is 1. The molecule has 5 atom stereocenters. The van der Waals surface area contributed by atoms with Crippen molar-refractivity contribution >= 4 is 41.0 Å². The number of hydrogen-bond acceptors (Lipinski definition) is 7. The van der Waals surface area contributed by atoms with E-state index in [1.807, 2.05) is 19.1 Å². The molecule has 3 unspecified atom stereocenters. The first-order valence-electron chi connectivity index (χ1n) is 13.5. The number of esters is 2. The first-order valence-corrected chi connectivity index (χ1v) is 14.2. The highest BCUT2D eigenvalue weighted by Gasteiger charge is 2.52. The van der Waals surface area contributed by atoms with E-state index in [9.17, 15) is 14.4 Å². The van der Waals surface area contributed by atoms with Crippen molar-refractivity contribution in [1.82, 2.24) is 9.88 Å². The Bertz CT molecular complexity index is 1340. The van der Waals surface area contributed by atoms with Crippen LogP contribution in [0.25, 0.3) is 0 Å². The lowest BCUT2D eigenvalue weighted by Gasteiger charge is -2.48. The number of halogens is 2. The highest BCUT2D eigenvalue weighted by atomic mass is 35.5. The molecule has 10 heteroatoms. The van der Waals surface area contributed by atoms with Crippen LogP contribution in [0, 0.1) is 0 Å². The predicted octanol–water partition coefficient (Wildman–Crippen LogP) is 6.43. The molecular formula is C31H32Cl2N2O6. The van der Waals surface area contributed by atoms with Crippen LogP contribution in [0.2, 0.25) is 10.0 Å². The Morgan fingerprint density at radius 2 is 1.54 bits per heavy atom. The van der Waals surface area contributed by atoms with Gasteiger partial charge in [-0.2, -0.15) is 0 Å². The molecule has 4 rings (SSSR count). The normalized spacial score (nSPS) is 20.3. The van der Waals surface area contributed by atoms with Crippen LogP contribution in [-0.2, 0) is 28.6 Å². The molecule has 216 valence electrons. The van der Waals surface area contributed by atoms with Crippen LogP contribution in [0.15, 0.2) is 73.1 Å². The SMILES string of the molecule is CCC[C@H](C(=O)OCC)N1C(=O)C([C@H](OC(C)=O)c2ccncc2)OC(c2ccc(Cl)cc2)C1c1ccc(Cl)cc1. The van der Waals surface area contributed by atoms with Gasteiger partial charge >= 0.3 is 11.9 Å². The summed E-state index contributed by atoms with van der Waals surface area (Å²) in [4.78, 5) is 45.9. The minimum Gasteiger partial charge on any atom is -0.464 e. The lowest BCUT2D eigenvalue weighted by atomic mass is 9.88. The van der Waals surface area contributed by atoms with Crippen molar-refractivity contribution in [2.45, 2.75) is 64.0 Å². The van der Waals surface area contributed by atoms with Gasteiger partial charge in [0.2, 0.25) is 0 Å². The van der Waals surface area contributed by atoms with Gasteiger partial charge in [0.1, 0.15) is 12.1 Å². The van der Waals surface area contributed by atoms with Gasteiger partial charge in [0.15, 0.2) is 12.2 Å². The third-order valence-corrected chi connectivity index (χ3v) is 7.35. The molecule has 1 aromatic heterocycles. The van der Waals surface area contributed by atoms with Gasteiger partial charge < -0.3 is 19.1 Å². The number of carbonyl (C=O) groups excluding carboxylic acids is 3. The Labute approximate surface area is 249 Å². The Hall–Kier alpha value is -3.46. The Morgan fingerprint density at radius 3 is 2.07 bits per heavy atom. The molecule has 2 heterocycles. The van der Waals surface area contributed by atoms with Crippen molar-refractivity contribution in [2.75, 3.05) is 6.61 Å². The molecule has 0 saturated carbocycles. The average molecular weight is 600 g/mol. The Morgan fingerprint density at radius 1 is 0.951 bits per heavy atom. The standard InChI is InChI=1S/C31H32Cl2N2O6/c1-4-6-25(31(38)39-5-2)35-26(20-7-11-23(32)12-8-20)27(21-9-13-24(33)14-10-21)41-29(30(35)37)28(40-19(3)36)22-15-17-34-18-16-22/h7-18,25-29H,4-6H2,1-3H3/t25-,26?,27?,28-,29?/m1/s1. The van der Waals surface area contributed by atoms with Gasteiger partial charge in [-0.15, -0.1) is 0 Å². The first-order chi connectivity index (χ1) is 19.7. The van der Waals surface area contributed by atoms with Gasteiger partial charge in [-0.25, -0.2) is 4.79 Å². The first kappa shape index (κ1) is 30.5. The lowest BCUT2D eigenvalue weighted by molar-refractivity contribution is -0.203. The summed E-state index contributed by atoms with van der Waals surface area (Å²) < 4.78 is 17.8. The maximum atomic E-state index is 14.6. The molecule has 0 spiro atoms. The molecule has 2 aromatic carbocycles. The molecule has 0 aliphatic carbocycles. The summed E-state index contributed by atoms with van der Waals surface area (Å²) >= 11 is 12.4. The van der Waals surface area contributed by atoms with Crippen LogP contribution in [-0.4, -0.2) is 46.5 Å². The summed E-state index contributed by atoms with van der Waals surface area (Å²) in [6.45, 7) is 5.07. The zero-order valence-corrected chi connectivity index (χ0v) is 24.5. The van der Waals surface area contributed by atoms with E-state index in [4.69, 9.17) is 37.4 Å². The minimum absolute atomic E-state index is 0.153. The average Bonchev–Trinajstić information content (AvgIpc) is 2.96. The second kappa shape index (κ2) is 13.9. The highest BCUT2D eigenvalue weighted by molar-refractivity contribution is 6.30. The van der Waals surface area contributed by atoms with Gasteiger partial charge in [0, 0.05) is 29.4 Å². The van der Waals surface area contributed by atoms with E-state index < -0.39 is 48.2 Å². The fourth-order valence-electron chi connectivity index (χ4n) is 5.10. The van der Waals surface area contributed by atoms with Gasteiger partial charge in [0.25, 0.3) is 5.91 Å². The number of nitrogens with zero attached hydrogens (tertiary/aromatic N) is 2. The fourth-order valence-corrected chi connectivity index (χ4v) is 5.35. The third-order valence-electron chi connectivity index (χ3n) is 6.85. The summed E-state index contributed by atoms with van der Waals surface area (Å²) in [5, 5.41) is 1.05. The summed E-state index contributed by atoms with van der Waals surface area (Å²) in [7, 11) is 0. The van der Waals surface area contributed by atoms with Crippen molar-refractivity contribution < 1.29 is 28.6 Å². The number of aromatic nitrogens is 1. The number of benzene rings is 2. The highest BCUT2D eigenvalue weighted by Crippen LogP contribution is 2.46. The summed E-state index contributed by atoms with van der Waals surface area (Å²) in [5.74, 6) is -1.62. The van der Waals surface area contributed by atoms with Crippen molar-refractivity contribution in [3.05, 3.63) is 99.8 Å². The minimum atomic E-state index is -1.28. The van der Waals surface area contributed by atoms with E-state index in [2.05, 4.69) is 4.98 Å². The van der Waals surface area contributed by atoms with E-state index in [0.717, 1.165) is 0 Å². The van der Waals surface area contributed by atoms with Gasteiger partial charge in [0.05, 0.1) is 12.6 Å². The zero-order chi connectivity index (χ0) is 29.5. The smallest absolute Gasteiger partial charge is 0.328 e. The molecule has 8 nitrogen and oxygen atoms in total. The molecule has 1 saturated heterocycles. The van der Waals surface area contributed by atoms with Crippen LogP contribution in [0.4, 0.5) is 0 Å². The van der Waals surface area contributed by atoms with E-state index in [0.29, 0.717) is 39.6 Å². The topological polar surface area (TPSA) is 95.0 Å². The molecular weight excluding hydrogens is 567 g/mol. The van der Waals surface area contributed by atoms with E-state index in [1.165, 1.54) is 11.8 Å². The lowest BCUT2D eigenvalue weighted by Crippen LogP contribution is -2.58. The van der Waals surface area contributed by atoms with Crippen LogP contribution in [0.5, 0.6) is 0 Å². The molecule has 1 aliphatic rings. The third kappa shape index (κ3) is 7.07. The van der Waals surface area contributed by atoms with Gasteiger partial charge in [-0.1, -0.05) is 60.8 Å². The predicted molar refractivity (Wildman–Crippen MR) is 154 cm³/mol. The summed E-state index contributed by atoms with van der Waals surface area (Å²) in [5.41, 5.74) is 1.95.